The van der Waals surface area contributed by atoms with Gasteiger partial charge in [-0.3, -0.25) is 0 Å². The van der Waals surface area contributed by atoms with Gasteiger partial charge in [-0.25, -0.2) is 0 Å². The van der Waals surface area contributed by atoms with Crippen molar-refractivity contribution in [3.05, 3.63) is 23.7 Å². The molecule has 1 saturated heterocycles. The smallest absolute Gasteiger partial charge is 0.117 e. The first-order valence-corrected chi connectivity index (χ1v) is 7.10. The van der Waals surface area contributed by atoms with Crippen LogP contribution < -0.4 is 5.32 Å². The standard InChI is InChI=1S/C13H21NOS/c1-10-4-5-11(15-10)8-14-12-9-16-7-6-13(12,2)3/h4-5,12,14H,6-9H2,1-3H3. The van der Waals surface area contributed by atoms with E-state index in [4.69, 9.17) is 4.42 Å². The Morgan fingerprint density at radius 3 is 2.94 bits per heavy atom. The van der Waals surface area contributed by atoms with Gasteiger partial charge in [-0.1, -0.05) is 13.8 Å². The van der Waals surface area contributed by atoms with Gasteiger partial charge >= 0.3 is 0 Å². The fourth-order valence-corrected chi connectivity index (χ4v) is 3.72. The predicted octanol–water partition coefficient (Wildman–Crippen LogP) is 3.21. The predicted molar refractivity (Wildman–Crippen MR) is 69.8 cm³/mol. The van der Waals surface area contributed by atoms with Crippen molar-refractivity contribution in [2.24, 2.45) is 5.41 Å². The monoisotopic (exact) mass is 239 g/mol. The molecule has 1 N–H and O–H groups in total. The molecule has 90 valence electrons. The molecule has 2 rings (SSSR count). The third kappa shape index (κ3) is 2.83. The van der Waals surface area contributed by atoms with Gasteiger partial charge in [0, 0.05) is 11.8 Å². The number of hydrogen-bond donors (Lipinski definition) is 1. The minimum Gasteiger partial charge on any atom is -0.465 e. The van der Waals surface area contributed by atoms with Gasteiger partial charge in [0.2, 0.25) is 0 Å². The topological polar surface area (TPSA) is 25.2 Å². The van der Waals surface area contributed by atoms with Crippen molar-refractivity contribution < 1.29 is 4.42 Å². The average Bonchev–Trinajstić information content (AvgIpc) is 2.62. The minimum absolute atomic E-state index is 0.410. The molecule has 0 aromatic carbocycles. The molecular weight excluding hydrogens is 218 g/mol. The lowest BCUT2D eigenvalue weighted by atomic mass is 9.82. The van der Waals surface area contributed by atoms with Crippen molar-refractivity contribution >= 4 is 11.8 Å². The van der Waals surface area contributed by atoms with E-state index in [0.717, 1.165) is 18.1 Å². The first-order valence-electron chi connectivity index (χ1n) is 5.94. The zero-order valence-corrected chi connectivity index (χ0v) is 11.2. The van der Waals surface area contributed by atoms with Crippen LogP contribution in [0.4, 0.5) is 0 Å². The molecule has 1 aliphatic heterocycles. The largest absolute Gasteiger partial charge is 0.465 e. The summed E-state index contributed by atoms with van der Waals surface area (Å²) in [7, 11) is 0. The van der Waals surface area contributed by atoms with E-state index in [9.17, 15) is 0 Å². The molecule has 0 saturated carbocycles. The lowest BCUT2D eigenvalue weighted by Gasteiger charge is -2.38. The zero-order valence-electron chi connectivity index (χ0n) is 10.4. The van der Waals surface area contributed by atoms with Crippen molar-refractivity contribution in [1.82, 2.24) is 5.32 Å². The molecule has 0 bridgehead atoms. The Balaban J connectivity index is 1.89. The highest BCUT2D eigenvalue weighted by molar-refractivity contribution is 7.99. The summed E-state index contributed by atoms with van der Waals surface area (Å²) in [6, 6.07) is 4.68. The van der Waals surface area contributed by atoms with E-state index in [1.807, 2.05) is 13.0 Å². The van der Waals surface area contributed by atoms with Crippen molar-refractivity contribution in [2.75, 3.05) is 11.5 Å². The first-order chi connectivity index (χ1) is 7.58. The maximum absolute atomic E-state index is 5.57. The van der Waals surface area contributed by atoms with Crippen LogP contribution in [0, 0.1) is 12.3 Å². The summed E-state index contributed by atoms with van der Waals surface area (Å²) in [4.78, 5) is 0. The highest BCUT2D eigenvalue weighted by atomic mass is 32.2. The molecule has 2 nitrogen and oxygen atoms in total. The lowest BCUT2D eigenvalue weighted by Crippen LogP contribution is -2.46. The van der Waals surface area contributed by atoms with E-state index in [2.05, 4.69) is 37.0 Å². The van der Waals surface area contributed by atoms with Crippen molar-refractivity contribution in [3.63, 3.8) is 0 Å². The maximum Gasteiger partial charge on any atom is 0.117 e. The molecule has 0 aliphatic carbocycles. The van der Waals surface area contributed by atoms with Crippen LogP contribution in [-0.4, -0.2) is 17.5 Å². The molecule has 1 atom stereocenters. The van der Waals surface area contributed by atoms with E-state index >= 15 is 0 Å². The van der Waals surface area contributed by atoms with Gasteiger partial charge in [0.1, 0.15) is 11.5 Å². The number of rotatable bonds is 3. The van der Waals surface area contributed by atoms with Crippen LogP contribution in [0.1, 0.15) is 31.8 Å². The van der Waals surface area contributed by atoms with Crippen molar-refractivity contribution in [3.8, 4) is 0 Å². The van der Waals surface area contributed by atoms with Gasteiger partial charge < -0.3 is 9.73 Å². The lowest BCUT2D eigenvalue weighted by molar-refractivity contribution is 0.240. The SMILES string of the molecule is Cc1ccc(CNC2CSCCC2(C)C)o1. The van der Waals surface area contributed by atoms with Crippen LogP contribution in [0.5, 0.6) is 0 Å². The summed E-state index contributed by atoms with van der Waals surface area (Å²) in [6.07, 6.45) is 1.30. The third-order valence-electron chi connectivity index (χ3n) is 3.44. The molecule has 0 spiro atoms. The molecular formula is C13H21NOS. The number of thioether (sulfide) groups is 1. The molecule has 3 heteroatoms. The summed E-state index contributed by atoms with van der Waals surface area (Å²) in [5, 5.41) is 3.63. The Bertz CT molecular complexity index is 345. The molecule has 1 aliphatic rings. The van der Waals surface area contributed by atoms with Gasteiger partial charge in [0.25, 0.3) is 0 Å². The van der Waals surface area contributed by atoms with E-state index in [1.54, 1.807) is 0 Å². The second-order valence-electron chi connectivity index (χ2n) is 5.26. The second-order valence-corrected chi connectivity index (χ2v) is 6.41. The molecule has 1 aromatic heterocycles. The molecule has 1 aromatic rings. The van der Waals surface area contributed by atoms with Crippen LogP contribution in [0.3, 0.4) is 0 Å². The molecule has 2 heterocycles. The highest BCUT2D eigenvalue weighted by Gasteiger charge is 2.32. The number of nitrogens with one attached hydrogen (secondary N) is 1. The summed E-state index contributed by atoms with van der Waals surface area (Å²) in [6.45, 7) is 7.56. The van der Waals surface area contributed by atoms with Crippen LogP contribution >= 0.6 is 11.8 Å². The van der Waals surface area contributed by atoms with Crippen LogP contribution in [0.2, 0.25) is 0 Å². The molecule has 16 heavy (non-hydrogen) atoms. The number of hydrogen-bond acceptors (Lipinski definition) is 3. The quantitative estimate of drug-likeness (QED) is 0.877. The number of aryl methyl sites for hydroxylation is 1. The number of furan rings is 1. The Labute approximate surface area is 102 Å². The van der Waals surface area contributed by atoms with Crippen LogP contribution in [0.25, 0.3) is 0 Å². The Morgan fingerprint density at radius 2 is 2.31 bits per heavy atom. The second kappa shape index (κ2) is 4.84. The third-order valence-corrected chi connectivity index (χ3v) is 4.50. The van der Waals surface area contributed by atoms with E-state index in [1.165, 1.54) is 17.9 Å². The summed E-state index contributed by atoms with van der Waals surface area (Å²) >= 11 is 2.05. The fraction of sp³-hybridized carbons (Fsp3) is 0.692. The highest BCUT2D eigenvalue weighted by Crippen LogP contribution is 2.34. The fourth-order valence-electron chi connectivity index (χ4n) is 2.08. The normalized spacial score (nSPS) is 24.6. The molecule has 1 fully saturated rings. The summed E-state index contributed by atoms with van der Waals surface area (Å²) in [5.41, 5.74) is 0.410. The first kappa shape index (κ1) is 12.1. The molecule has 0 radical (unpaired) electrons. The van der Waals surface area contributed by atoms with E-state index < -0.39 is 0 Å². The van der Waals surface area contributed by atoms with Crippen LogP contribution in [-0.2, 0) is 6.54 Å². The van der Waals surface area contributed by atoms with E-state index in [-0.39, 0.29) is 0 Å². The van der Waals surface area contributed by atoms with Gasteiger partial charge in [-0.2, -0.15) is 11.8 Å². The zero-order chi connectivity index (χ0) is 11.6. The Morgan fingerprint density at radius 1 is 1.50 bits per heavy atom. The van der Waals surface area contributed by atoms with Crippen LogP contribution in [0.15, 0.2) is 16.5 Å². The van der Waals surface area contributed by atoms with E-state index in [0.29, 0.717) is 11.5 Å². The maximum atomic E-state index is 5.57. The van der Waals surface area contributed by atoms with Gasteiger partial charge in [0.15, 0.2) is 0 Å². The Kier molecular flexibility index (Phi) is 3.65. The molecule has 0 amide bonds. The van der Waals surface area contributed by atoms with Gasteiger partial charge in [-0.05, 0) is 36.6 Å². The Hall–Kier alpha value is -0.410. The van der Waals surface area contributed by atoms with Gasteiger partial charge in [0.05, 0.1) is 6.54 Å². The molecule has 1 unspecified atom stereocenters. The average molecular weight is 239 g/mol. The summed E-state index contributed by atoms with van der Waals surface area (Å²) < 4.78 is 5.57. The minimum atomic E-state index is 0.410. The van der Waals surface area contributed by atoms with Crippen molar-refractivity contribution in [1.29, 1.82) is 0 Å². The van der Waals surface area contributed by atoms with Gasteiger partial charge in [-0.15, -0.1) is 0 Å². The van der Waals surface area contributed by atoms with Crippen molar-refractivity contribution in [2.45, 2.75) is 39.8 Å². The summed E-state index contributed by atoms with van der Waals surface area (Å²) in [5.74, 6) is 4.55.